The predicted octanol–water partition coefficient (Wildman–Crippen LogP) is 2.97. The summed E-state index contributed by atoms with van der Waals surface area (Å²) < 4.78 is 0. The normalized spacial score (nSPS) is 10.3. The molecule has 6 nitrogen and oxygen atoms in total. The van der Waals surface area contributed by atoms with Gasteiger partial charge in [-0.25, -0.2) is 9.78 Å². The number of anilines is 2. The number of carbonyl (C=O) groups excluding carboxylic acids is 1. The van der Waals surface area contributed by atoms with Gasteiger partial charge in [0.25, 0.3) is 0 Å². The average Bonchev–Trinajstić information content (AvgIpc) is 2.81. The lowest BCUT2D eigenvalue weighted by Crippen LogP contribution is -2.20. The van der Waals surface area contributed by atoms with E-state index in [9.17, 15) is 4.79 Å². The number of aromatic nitrogens is 3. The number of hydrogen-bond donors (Lipinski definition) is 3. The molecule has 19 heavy (non-hydrogen) atoms. The van der Waals surface area contributed by atoms with E-state index in [0.29, 0.717) is 16.7 Å². The summed E-state index contributed by atoms with van der Waals surface area (Å²) in [6, 6.07) is 3.00. The predicted molar refractivity (Wildman–Crippen MR) is 74.6 cm³/mol. The van der Waals surface area contributed by atoms with E-state index in [2.05, 4.69) is 25.8 Å². The van der Waals surface area contributed by atoms with Crippen molar-refractivity contribution in [2.45, 2.75) is 20.3 Å². The summed E-state index contributed by atoms with van der Waals surface area (Å²) in [5.41, 5.74) is 2.40. The number of nitrogens with zero attached hydrogens (tertiary/aromatic N) is 2. The molecule has 0 unspecified atom stereocenters. The van der Waals surface area contributed by atoms with Crippen LogP contribution >= 0.6 is 11.6 Å². The maximum atomic E-state index is 11.8. The number of carbonyl (C=O) groups is 1. The van der Waals surface area contributed by atoms with E-state index in [0.717, 1.165) is 17.7 Å². The first kappa shape index (κ1) is 13.4. The van der Waals surface area contributed by atoms with Crippen LogP contribution in [0.2, 0.25) is 5.15 Å². The molecule has 2 heterocycles. The zero-order valence-corrected chi connectivity index (χ0v) is 11.4. The van der Waals surface area contributed by atoms with Crippen LogP contribution in [0.15, 0.2) is 18.3 Å². The zero-order valence-electron chi connectivity index (χ0n) is 10.6. The summed E-state index contributed by atoms with van der Waals surface area (Å²) in [5.74, 6) is 0.479. The highest BCUT2D eigenvalue weighted by Crippen LogP contribution is 2.17. The first-order valence-electron chi connectivity index (χ1n) is 5.83. The topological polar surface area (TPSA) is 82.7 Å². The van der Waals surface area contributed by atoms with Crippen LogP contribution in [0.3, 0.4) is 0 Å². The second-order valence-electron chi connectivity index (χ2n) is 4.03. The molecule has 2 aromatic rings. The number of aromatic amines is 1. The highest BCUT2D eigenvalue weighted by molar-refractivity contribution is 6.29. The molecule has 7 heteroatoms. The summed E-state index contributed by atoms with van der Waals surface area (Å²) in [6.07, 6.45) is 2.43. The zero-order chi connectivity index (χ0) is 13.8. The van der Waals surface area contributed by atoms with Crippen molar-refractivity contribution < 1.29 is 4.79 Å². The number of rotatable bonds is 3. The largest absolute Gasteiger partial charge is 0.324 e. The van der Waals surface area contributed by atoms with Gasteiger partial charge < -0.3 is 5.32 Å². The Morgan fingerprint density at radius 2 is 2.21 bits per heavy atom. The highest BCUT2D eigenvalue weighted by Gasteiger charge is 2.08. The van der Waals surface area contributed by atoms with Crippen LogP contribution in [-0.2, 0) is 6.42 Å². The molecule has 0 aliphatic heterocycles. The second-order valence-corrected chi connectivity index (χ2v) is 4.42. The second kappa shape index (κ2) is 5.71. The molecule has 0 aliphatic carbocycles. The van der Waals surface area contributed by atoms with E-state index in [-0.39, 0.29) is 6.03 Å². The summed E-state index contributed by atoms with van der Waals surface area (Å²) in [6.45, 7) is 3.84. The maximum Gasteiger partial charge on any atom is 0.324 e. The number of hydrogen-bond acceptors (Lipinski definition) is 3. The van der Waals surface area contributed by atoms with Gasteiger partial charge in [-0.05, 0) is 25.0 Å². The molecule has 0 saturated heterocycles. The molecule has 0 radical (unpaired) electrons. The van der Waals surface area contributed by atoms with E-state index in [4.69, 9.17) is 11.6 Å². The van der Waals surface area contributed by atoms with Gasteiger partial charge in [-0.3, -0.25) is 10.4 Å². The van der Waals surface area contributed by atoms with Gasteiger partial charge in [-0.15, -0.1) is 0 Å². The van der Waals surface area contributed by atoms with E-state index in [1.54, 1.807) is 18.3 Å². The average molecular weight is 280 g/mol. The van der Waals surface area contributed by atoms with E-state index in [1.807, 2.05) is 13.8 Å². The molecule has 0 atom stereocenters. The Morgan fingerprint density at radius 3 is 2.89 bits per heavy atom. The van der Waals surface area contributed by atoms with Gasteiger partial charge in [-0.2, -0.15) is 5.10 Å². The Bertz CT molecular complexity index is 596. The van der Waals surface area contributed by atoms with Gasteiger partial charge in [0.05, 0.1) is 0 Å². The molecule has 0 bridgehead atoms. The summed E-state index contributed by atoms with van der Waals surface area (Å²) in [7, 11) is 0. The summed E-state index contributed by atoms with van der Waals surface area (Å²) >= 11 is 5.78. The maximum absolute atomic E-state index is 11.8. The number of urea groups is 1. The molecule has 0 aromatic carbocycles. The molecule has 2 aromatic heterocycles. The lowest BCUT2D eigenvalue weighted by molar-refractivity contribution is 0.262. The standard InChI is InChI=1S/C12H14ClN5O/c1-3-8-4-11(18-17-8)16-12(19)15-9-5-10(13)14-6-7(9)2/h4-6H,3H2,1-2H3,(H3,14,15,16,17,18,19). The van der Waals surface area contributed by atoms with Crippen LogP contribution in [0, 0.1) is 6.92 Å². The van der Waals surface area contributed by atoms with Crippen molar-refractivity contribution in [2.75, 3.05) is 10.6 Å². The van der Waals surface area contributed by atoms with E-state index < -0.39 is 0 Å². The molecule has 3 N–H and O–H groups in total. The Morgan fingerprint density at radius 1 is 1.42 bits per heavy atom. The lowest BCUT2D eigenvalue weighted by Gasteiger charge is -2.08. The van der Waals surface area contributed by atoms with Crippen molar-refractivity contribution in [3.8, 4) is 0 Å². The van der Waals surface area contributed by atoms with Crippen molar-refractivity contribution >= 4 is 29.1 Å². The van der Waals surface area contributed by atoms with Gasteiger partial charge in [0.1, 0.15) is 5.15 Å². The smallest absolute Gasteiger partial charge is 0.307 e. The Balaban J connectivity index is 2.03. The third-order valence-corrected chi connectivity index (χ3v) is 2.78. The van der Waals surface area contributed by atoms with Crippen molar-refractivity contribution in [1.82, 2.24) is 15.2 Å². The minimum atomic E-state index is -0.375. The molecule has 100 valence electrons. The Kier molecular flexibility index (Phi) is 4.01. The number of halogens is 1. The number of pyridine rings is 1. The quantitative estimate of drug-likeness (QED) is 0.755. The Hall–Kier alpha value is -2.08. The molecule has 0 saturated carbocycles. The molecular weight excluding hydrogens is 266 g/mol. The van der Waals surface area contributed by atoms with Gasteiger partial charge in [0.2, 0.25) is 0 Å². The van der Waals surface area contributed by atoms with Gasteiger partial charge in [0.15, 0.2) is 5.82 Å². The van der Waals surface area contributed by atoms with Crippen molar-refractivity contribution in [2.24, 2.45) is 0 Å². The number of amides is 2. The molecule has 2 amide bonds. The fraction of sp³-hybridized carbons (Fsp3) is 0.250. The lowest BCUT2D eigenvalue weighted by atomic mass is 10.2. The molecule has 0 fully saturated rings. The van der Waals surface area contributed by atoms with Crippen LogP contribution in [0.5, 0.6) is 0 Å². The van der Waals surface area contributed by atoms with Crippen molar-refractivity contribution in [3.05, 3.63) is 34.7 Å². The van der Waals surface area contributed by atoms with Crippen LogP contribution < -0.4 is 10.6 Å². The number of H-pyrrole nitrogens is 1. The fourth-order valence-corrected chi connectivity index (χ4v) is 1.67. The monoisotopic (exact) mass is 279 g/mol. The third-order valence-electron chi connectivity index (χ3n) is 2.57. The van der Waals surface area contributed by atoms with Crippen LogP contribution in [0.4, 0.5) is 16.3 Å². The number of aryl methyl sites for hydroxylation is 2. The van der Waals surface area contributed by atoms with E-state index >= 15 is 0 Å². The van der Waals surface area contributed by atoms with Gasteiger partial charge >= 0.3 is 6.03 Å². The van der Waals surface area contributed by atoms with Crippen molar-refractivity contribution in [3.63, 3.8) is 0 Å². The minimum Gasteiger partial charge on any atom is -0.307 e. The van der Waals surface area contributed by atoms with Crippen LogP contribution in [-0.4, -0.2) is 21.2 Å². The van der Waals surface area contributed by atoms with Gasteiger partial charge in [0, 0.05) is 23.6 Å². The summed E-state index contributed by atoms with van der Waals surface area (Å²) in [5, 5.41) is 12.5. The Labute approximate surface area is 115 Å². The minimum absolute atomic E-state index is 0.328. The van der Waals surface area contributed by atoms with Gasteiger partial charge in [-0.1, -0.05) is 18.5 Å². The highest BCUT2D eigenvalue weighted by atomic mass is 35.5. The third kappa shape index (κ3) is 3.45. The molecule has 0 aliphatic rings. The van der Waals surface area contributed by atoms with Crippen molar-refractivity contribution in [1.29, 1.82) is 0 Å². The van der Waals surface area contributed by atoms with Crippen LogP contribution in [0.1, 0.15) is 18.2 Å². The molecular formula is C12H14ClN5O. The SMILES string of the molecule is CCc1cc(NC(=O)Nc2cc(Cl)ncc2C)n[nH]1. The summed E-state index contributed by atoms with van der Waals surface area (Å²) in [4.78, 5) is 15.7. The first-order valence-corrected chi connectivity index (χ1v) is 6.20. The first-order chi connectivity index (χ1) is 9.08. The van der Waals surface area contributed by atoms with Crippen LogP contribution in [0.25, 0.3) is 0 Å². The molecule has 0 spiro atoms. The molecule has 2 rings (SSSR count). The van der Waals surface area contributed by atoms with E-state index in [1.165, 1.54) is 0 Å². The number of nitrogens with one attached hydrogen (secondary N) is 3. The fourth-order valence-electron chi connectivity index (χ4n) is 1.51.